The zero-order valence-corrected chi connectivity index (χ0v) is 8.74. The van der Waals surface area contributed by atoms with E-state index in [-0.39, 0.29) is 17.0 Å². The van der Waals surface area contributed by atoms with E-state index >= 15 is 0 Å². The molecule has 0 atom stereocenters. The van der Waals surface area contributed by atoms with Crippen molar-refractivity contribution < 1.29 is 17.6 Å². The summed E-state index contributed by atoms with van der Waals surface area (Å²) in [6.45, 7) is 4.55. The van der Waals surface area contributed by atoms with Crippen LogP contribution < -0.4 is 0 Å². The van der Waals surface area contributed by atoms with Gasteiger partial charge in [0, 0.05) is 0 Å². The van der Waals surface area contributed by atoms with Crippen LogP contribution >= 0.6 is 0 Å². The molecule has 0 bridgehead atoms. The second kappa shape index (κ2) is 3.83. The Morgan fingerprint density at radius 1 is 1.13 bits per heavy atom. The number of rotatable bonds is 1. The SMILES string of the molecule is Cc1cc(C(F)(F)F)c(C(C)C)cc1F. The van der Waals surface area contributed by atoms with Crippen molar-refractivity contribution in [3.63, 3.8) is 0 Å². The third-order valence-corrected chi connectivity index (χ3v) is 2.26. The van der Waals surface area contributed by atoms with E-state index in [1.54, 1.807) is 13.8 Å². The second-order valence-corrected chi connectivity index (χ2v) is 3.84. The molecule has 1 aromatic rings. The van der Waals surface area contributed by atoms with Gasteiger partial charge in [0.05, 0.1) is 5.56 Å². The molecule has 0 heterocycles. The Balaban J connectivity index is 3.42. The van der Waals surface area contributed by atoms with Gasteiger partial charge >= 0.3 is 6.18 Å². The summed E-state index contributed by atoms with van der Waals surface area (Å²) < 4.78 is 50.9. The highest BCUT2D eigenvalue weighted by Crippen LogP contribution is 2.36. The Bertz CT molecular complexity index is 364. The first-order valence-corrected chi connectivity index (χ1v) is 4.60. The molecule has 0 spiro atoms. The molecule has 0 saturated carbocycles. The van der Waals surface area contributed by atoms with E-state index in [4.69, 9.17) is 0 Å². The first-order chi connectivity index (χ1) is 6.73. The van der Waals surface area contributed by atoms with Gasteiger partial charge < -0.3 is 0 Å². The molecule has 15 heavy (non-hydrogen) atoms. The standard InChI is InChI=1S/C11H12F4/c1-6(2)8-5-10(12)7(3)4-9(8)11(13,14)15/h4-6H,1-3H3. The Morgan fingerprint density at radius 2 is 1.67 bits per heavy atom. The summed E-state index contributed by atoms with van der Waals surface area (Å²) >= 11 is 0. The van der Waals surface area contributed by atoms with Crippen molar-refractivity contribution >= 4 is 0 Å². The maximum Gasteiger partial charge on any atom is 0.416 e. The minimum atomic E-state index is -4.42. The molecule has 0 nitrogen and oxygen atoms in total. The lowest BCUT2D eigenvalue weighted by molar-refractivity contribution is -0.138. The van der Waals surface area contributed by atoms with Gasteiger partial charge in [0.15, 0.2) is 0 Å². The summed E-state index contributed by atoms with van der Waals surface area (Å²) in [5.41, 5.74) is -0.714. The molecule has 0 N–H and O–H groups in total. The van der Waals surface area contributed by atoms with Gasteiger partial charge in [-0.25, -0.2) is 4.39 Å². The van der Waals surface area contributed by atoms with Crippen molar-refractivity contribution in [2.75, 3.05) is 0 Å². The molecule has 0 radical (unpaired) electrons. The van der Waals surface area contributed by atoms with Crippen LogP contribution in [0, 0.1) is 12.7 Å². The molecule has 0 aliphatic heterocycles. The van der Waals surface area contributed by atoms with Crippen LogP contribution in [0.2, 0.25) is 0 Å². The average Bonchev–Trinajstić information content (AvgIpc) is 2.06. The number of halogens is 4. The van der Waals surface area contributed by atoms with Crippen LogP contribution in [-0.2, 0) is 6.18 Å². The van der Waals surface area contributed by atoms with Crippen LogP contribution in [0.3, 0.4) is 0 Å². The van der Waals surface area contributed by atoms with Crippen LogP contribution in [0.5, 0.6) is 0 Å². The van der Waals surface area contributed by atoms with Gasteiger partial charge in [0.25, 0.3) is 0 Å². The van der Waals surface area contributed by atoms with Crippen LogP contribution in [0.15, 0.2) is 12.1 Å². The summed E-state index contributed by atoms with van der Waals surface area (Å²) in [6.07, 6.45) is -4.42. The molecule has 0 aliphatic carbocycles. The molecule has 0 aliphatic rings. The number of hydrogen-bond acceptors (Lipinski definition) is 0. The summed E-state index contributed by atoms with van der Waals surface area (Å²) in [5, 5.41) is 0. The Labute approximate surface area is 85.9 Å². The highest BCUT2D eigenvalue weighted by Gasteiger charge is 2.34. The van der Waals surface area contributed by atoms with E-state index in [0.717, 1.165) is 12.1 Å². The summed E-state index contributed by atoms with van der Waals surface area (Å²) in [5.74, 6) is -0.941. The lowest BCUT2D eigenvalue weighted by atomic mass is 9.95. The van der Waals surface area contributed by atoms with Gasteiger partial charge in [-0.1, -0.05) is 13.8 Å². The van der Waals surface area contributed by atoms with Gasteiger partial charge in [-0.2, -0.15) is 13.2 Å². The highest BCUT2D eigenvalue weighted by atomic mass is 19.4. The van der Waals surface area contributed by atoms with Crippen molar-refractivity contribution in [2.24, 2.45) is 0 Å². The first-order valence-electron chi connectivity index (χ1n) is 4.60. The summed E-state index contributed by atoms with van der Waals surface area (Å²) in [4.78, 5) is 0. The summed E-state index contributed by atoms with van der Waals surface area (Å²) in [6, 6.07) is 1.84. The average molecular weight is 220 g/mol. The van der Waals surface area contributed by atoms with Crippen molar-refractivity contribution in [3.05, 3.63) is 34.6 Å². The minimum Gasteiger partial charge on any atom is -0.207 e. The minimum absolute atomic E-state index is 0.00519. The van der Waals surface area contributed by atoms with Gasteiger partial charge in [-0.15, -0.1) is 0 Å². The third kappa shape index (κ3) is 2.49. The van der Waals surface area contributed by atoms with Crippen molar-refractivity contribution in [1.29, 1.82) is 0 Å². The molecule has 0 saturated heterocycles. The van der Waals surface area contributed by atoms with E-state index in [2.05, 4.69) is 0 Å². The molecule has 0 amide bonds. The van der Waals surface area contributed by atoms with Crippen molar-refractivity contribution in [3.8, 4) is 0 Å². The maximum atomic E-state index is 13.1. The molecular weight excluding hydrogens is 208 g/mol. The number of benzene rings is 1. The normalized spacial score (nSPS) is 12.3. The second-order valence-electron chi connectivity index (χ2n) is 3.84. The van der Waals surface area contributed by atoms with Gasteiger partial charge in [0.2, 0.25) is 0 Å². The third-order valence-electron chi connectivity index (χ3n) is 2.26. The van der Waals surface area contributed by atoms with E-state index in [1.165, 1.54) is 6.92 Å². The van der Waals surface area contributed by atoms with E-state index in [9.17, 15) is 17.6 Å². The fourth-order valence-electron chi connectivity index (χ4n) is 1.42. The number of hydrogen-bond donors (Lipinski definition) is 0. The van der Waals surface area contributed by atoms with Crippen LogP contribution in [0.25, 0.3) is 0 Å². The molecule has 84 valence electrons. The van der Waals surface area contributed by atoms with Crippen LogP contribution in [0.1, 0.15) is 36.5 Å². The van der Waals surface area contributed by atoms with E-state index in [1.807, 2.05) is 0 Å². The van der Waals surface area contributed by atoms with Crippen molar-refractivity contribution in [1.82, 2.24) is 0 Å². The highest BCUT2D eigenvalue weighted by molar-refractivity contribution is 5.36. The summed E-state index contributed by atoms with van der Waals surface area (Å²) in [7, 11) is 0. The lowest BCUT2D eigenvalue weighted by Crippen LogP contribution is -2.11. The van der Waals surface area contributed by atoms with Gasteiger partial charge in [-0.3, -0.25) is 0 Å². The van der Waals surface area contributed by atoms with Crippen molar-refractivity contribution in [2.45, 2.75) is 32.9 Å². The molecule has 1 aromatic carbocycles. The fraction of sp³-hybridized carbons (Fsp3) is 0.455. The topological polar surface area (TPSA) is 0 Å². The first kappa shape index (κ1) is 12.0. The molecular formula is C11H12F4. The quantitative estimate of drug-likeness (QED) is 0.620. The lowest BCUT2D eigenvalue weighted by Gasteiger charge is -2.16. The van der Waals surface area contributed by atoms with Crippen LogP contribution in [0.4, 0.5) is 17.6 Å². The van der Waals surface area contributed by atoms with Crippen LogP contribution in [-0.4, -0.2) is 0 Å². The molecule has 0 unspecified atom stereocenters. The Kier molecular flexibility index (Phi) is 3.07. The molecule has 4 heteroatoms. The largest absolute Gasteiger partial charge is 0.416 e. The fourth-order valence-corrected chi connectivity index (χ4v) is 1.42. The monoisotopic (exact) mass is 220 g/mol. The van der Waals surface area contributed by atoms with Gasteiger partial charge in [0.1, 0.15) is 5.82 Å². The molecule has 0 aromatic heterocycles. The predicted octanol–water partition coefficient (Wildman–Crippen LogP) is 4.28. The molecule has 0 fully saturated rings. The Hall–Kier alpha value is -1.06. The predicted molar refractivity (Wildman–Crippen MR) is 50.2 cm³/mol. The van der Waals surface area contributed by atoms with E-state index < -0.39 is 17.6 Å². The number of aryl methyl sites for hydroxylation is 1. The zero-order chi connectivity index (χ0) is 11.8. The van der Waals surface area contributed by atoms with E-state index in [0.29, 0.717) is 0 Å². The van der Waals surface area contributed by atoms with Gasteiger partial charge in [-0.05, 0) is 36.1 Å². The number of alkyl halides is 3. The molecule has 1 rings (SSSR count). The smallest absolute Gasteiger partial charge is 0.207 e. The maximum absolute atomic E-state index is 13.1. The zero-order valence-electron chi connectivity index (χ0n) is 8.74. The Morgan fingerprint density at radius 3 is 2.07 bits per heavy atom.